The molecule has 0 saturated carbocycles. The van der Waals surface area contributed by atoms with Gasteiger partial charge in [0.05, 0.1) is 20.1 Å². The van der Waals surface area contributed by atoms with Crippen LogP contribution in [0.1, 0.15) is 13.3 Å². The first kappa shape index (κ1) is 18.5. The van der Waals surface area contributed by atoms with Crippen molar-refractivity contribution in [3.8, 4) is 11.5 Å². The molecule has 5 nitrogen and oxygen atoms in total. The van der Waals surface area contributed by atoms with Crippen LogP contribution < -0.4 is 20.5 Å². The summed E-state index contributed by atoms with van der Waals surface area (Å²) in [6.07, 6.45) is 0.315. The Morgan fingerprint density at radius 1 is 1.35 bits per heavy atom. The maximum atomic E-state index is 11.5. The minimum atomic E-state index is -0.0322. The fourth-order valence-corrected chi connectivity index (χ4v) is 1.45. The first-order chi connectivity index (χ1) is 9.17. The lowest BCUT2D eigenvalue weighted by Crippen LogP contribution is -2.31. The molecule has 0 heterocycles. The molecule has 1 unspecified atom stereocenters. The molecule has 0 spiro atoms. The van der Waals surface area contributed by atoms with Crippen LogP contribution in [0.15, 0.2) is 24.3 Å². The highest BCUT2D eigenvalue weighted by atomic mass is 35.5. The molecule has 20 heavy (non-hydrogen) atoms. The maximum Gasteiger partial charge on any atom is 0.223 e. The summed E-state index contributed by atoms with van der Waals surface area (Å²) in [5, 5.41) is 2.82. The highest BCUT2D eigenvalue weighted by Crippen LogP contribution is 2.25. The Morgan fingerprint density at radius 2 is 2.00 bits per heavy atom. The summed E-state index contributed by atoms with van der Waals surface area (Å²) >= 11 is 0. The monoisotopic (exact) mass is 302 g/mol. The molecule has 1 atom stereocenters. The van der Waals surface area contributed by atoms with Crippen LogP contribution in [0.3, 0.4) is 0 Å². The van der Waals surface area contributed by atoms with E-state index < -0.39 is 0 Å². The molecular formula is C14H23ClN2O3. The van der Waals surface area contributed by atoms with Gasteiger partial charge >= 0.3 is 0 Å². The third-order valence-electron chi connectivity index (χ3n) is 2.71. The Hall–Kier alpha value is -1.46. The van der Waals surface area contributed by atoms with Crippen LogP contribution in [-0.4, -0.2) is 32.7 Å². The summed E-state index contributed by atoms with van der Waals surface area (Å²) in [6.45, 7) is 3.48. The predicted octanol–water partition coefficient (Wildman–Crippen LogP) is 1.60. The molecule has 114 valence electrons. The van der Waals surface area contributed by atoms with Gasteiger partial charge in [0.15, 0.2) is 11.5 Å². The molecular weight excluding hydrogens is 280 g/mol. The number of para-hydroxylation sites is 2. The normalized spacial score (nSPS) is 11.2. The number of carbonyl (C=O) groups is 1. The minimum absolute atomic E-state index is 0. The number of methoxy groups -OCH3 is 1. The molecule has 3 N–H and O–H groups in total. The van der Waals surface area contributed by atoms with E-state index >= 15 is 0 Å². The van der Waals surface area contributed by atoms with Crippen LogP contribution in [-0.2, 0) is 4.79 Å². The number of rotatable bonds is 8. The summed E-state index contributed by atoms with van der Waals surface area (Å²) in [6, 6.07) is 7.36. The van der Waals surface area contributed by atoms with Gasteiger partial charge in [0.2, 0.25) is 5.91 Å². The summed E-state index contributed by atoms with van der Waals surface area (Å²) < 4.78 is 10.7. The molecule has 1 aromatic carbocycles. The van der Waals surface area contributed by atoms with Gasteiger partial charge in [-0.3, -0.25) is 4.79 Å². The topological polar surface area (TPSA) is 73.6 Å². The van der Waals surface area contributed by atoms with Gasteiger partial charge in [-0.25, -0.2) is 0 Å². The lowest BCUT2D eigenvalue weighted by atomic mass is 10.2. The van der Waals surface area contributed by atoms with Crippen molar-refractivity contribution in [3.05, 3.63) is 24.3 Å². The van der Waals surface area contributed by atoms with E-state index in [4.69, 9.17) is 15.2 Å². The molecule has 0 saturated heterocycles. The SMILES string of the molecule is COc1ccccc1OCCC(=O)NCC(C)CN.Cl. The van der Waals surface area contributed by atoms with Crippen LogP contribution in [0.5, 0.6) is 11.5 Å². The standard InChI is InChI=1S/C14H22N2O3.ClH/c1-11(9-15)10-16-14(17)7-8-19-13-6-4-3-5-12(13)18-2;/h3-6,11H,7-10,15H2,1-2H3,(H,16,17);1H. The average Bonchev–Trinajstić information content (AvgIpc) is 2.45. The molecule has 0 radical (unpaired) electrons. The Kier molecular flexibility index (Phi) is 9.59. The van der Waals surface area contributed by atoms with Crippen LogP contribution in [0.4, 0.5) is 0 Å². The molecule has 0 aromatic heterocycles. The Labute approximate surface area is 126 Å². The first-order valence-electron chi connectivity index (χ1n) is 6.40. The van der Waals surface area contributed by atoms with E-state index in [1.165, 1.54) is 0 Å². The number of hydrogen-bond donors (Lipinski definition) is 2. The van der Waals surface area contributed by atoms with E-state index in [1.54, 1.807) is 7.11 Å². The third-order valence-corrected chi connectivity index (χ3v) is 2.71. The predicted molar refractivity (Wildman–Crippen MR) is 81.6 cm³/mol. The third kappa shape index (κ3) is 6.63. The molecule has 0 fully saturated rings. The molecule has 0 bridgehead atoms. The molecule has 0 aliphatic heterocycles. The van der Waals surface area contributed by atoms with Crippen molar-refractivity contribution in [1.29, 1.82) is 0 Å². The molecule has 1 aromatic rings. The van der Waals surface area contributed by atoms with Crippen molar-refractivity contribution in [2.24, 2.45) is 11.7 Å². The van der Waals surface area contributed by atoms with Gasteiger partial charge in [-0.15, -0.1) is 12.4 Å². The van der Waals surface area contributed by atoms with Gasteiger partial charge in [-0.2, -0.15) is 0 Å². The van der Waals surface area contributed by atoms with E-state index in [-0.39, 0.29) is 18.3 Å². The fraction of sp³-hybridized carbons (Fsp3) is 0.500. The number of amides is 1. The van der Waals surface area contributed by atoms with Crippen molar-refractivity contribution < 1.29 is 14.3 Å². The first-order valence-corrected chi connectivity index (χ1v) is 6.40. The van der Waals surface area contributed by atoms with E-state index in [0.29, 0.717) is 43.5 Å². The van der Waals surface area contributed by atoms with Gasteiger partial charge in [0, 0.05) is 6.54 Å². The van der Waals surface area contributed by atoms with Gasteiger partial charge in [-0.1, -0.05) is 19.1 Å². The number of halogens is 1. The van der Waals surface area contributed by atoms with Crippen LogP contribution >= 0.6 is 12.4 Å². The van der Waals surface area contributed by atoms with Crippen LogP contribution in [0.2, 0.25) is 0 Å². The quantitative estimate of drug-likeness (QED) is 0.765. The van der Waals surface area contributed by atoms with Gasteiger partial charge in [0.25, 0.3) is 0 Å². The zero-order chi connectivity index (χ0) is 14.1. The fourth-order valence-electron chi connectivity index (χ4n) is 1.45. The van der Waals surface area contributed by atoms with Crippen molar-refractivity contribution >= 4 is 18.3 Å². The van der Waals surface area contributed by atoms with Crippen molar-refractivity contribution in [2.45, 2.75) is 13.3 Å². The average molecular weight is 303 g/mol. The second-order valence-electron chi connectivity index (χ2n) is 4.39. The van der Waals surface area contributed by atoms with Crippen LogP contribution in [0, 0.1) is 5.92 Å². The highest BCUT2D eigenvalue weighted by Gasteiger charge is 2.06. The Balaban J connectivity index is 0.00000361. The molecule has 0 aliphatic rings. The summed E-state index contributed by atoms with van der Waals surface area (Å²) in [5.41, 5.74) is 5.48. The minimum Gasteiger partial charge on any atom is -0.493 e. The van der Waals surface area contributed by atoms with E-state index in [0.717, 1.165) is 0 Å². The van der Waals surface area contributed by atoms with Crippen molar-refractivity contribution in [2.75, 3.05) is 26.8 Å². The van der Waals surface area contributed by atoms with Crippen molar-refractivity contribution in [3.63, 3.8) is 0 Å². The second kappa shape index (κ2) is 10.3. The Bertz CT molecular complexity index is 402. The van der Waals surface area contributed by atoms with Crippen LogP contribution in [0.25, 0.3) is 0 Å². The number of hydrogen-bond acceptors (Lipinski definition) is 4. The summed E-state index contributed by atoms with van der Waals surface area (Å²) in [5.74, 6) is 1.57. The number of ether oxygens (including phenoxy) is 2. The summed E-state index contributed by atoms with van der Waals surface area (Å²) in [4.78, 5) is 11.5. The van der Waals surface area contributed by atoms with E-state index in [2.05, 4.69) is 5.32 Å². The van der Waals surface area contributed by atoms with Crippen molar-refractivity contribution in [1.82, 2.24) is 5.32 Å². The number of nitrogens with two attached hydrogens (primary N) is 1. The number of nitrogens with one attached hydrogen (secondary N) is 1. The highest BCUT2D eigenvalue weighted by molar-refractivity contribution is 5.85. The molecule has 0 aliphatic carbocycles. The lowest BCUT2D eigenvalue weighted by molar-refractivity contribution is -0.121. The second-order valence-corrected chi connectivity index (χ2v) is 4.39. The van der Waals surface area contributed by atoms with Gasteiger partial charge in [0.1, 0.15) is 0 Å². The lowest BCUT2D eigenvalue weighted by Gasteiger charge is -2.12. The van der Waals surface area contributed by atoms with E-state index in [9.17, 15) is 4.79 Å². The van der Waals surface area contributed by atoms with Gasteiger partial charge < -0.3 is 20.5 Å². The molecule has 6 heteroatoms. The number of benzene rings is 1. The van der Waals surface area contributed by atoms with Gasteiger partial charge in [-0.05, 0) is 24.6 Å². The molecule has 1 rings (SSSR count). The van der Waals surface area contributed by atoms with E-state index in [1.807, 2.05) is 31.2 Å². The number of carbonyl (C=O) groups excluding carboxylic acids is 1. The zero-order valence-corrected chi connectivity index (χ0v) is 12.7. The summed E-state index contributed by atoms with van der Waals surface area (Å²) in [7, 11) is 1.59. The maximum absolute atomic E-state index is 11.5. The Morgan fingerprint density at radius 3 is 2.60 bits per heavy atom. The zero-order valence-electron chi connectivity index (χ0n) is 11.9. The largest absolute Gasteiger partial charge is 0.493 e. The molecule has 1 amide bonds. The smallest absolute Gasteiger partial charge is 0.223 e.